The molecule has 0 aromatic carbocycles. The van der Waals surface area contributed by atoms with E-state index in [9.17, 15) is 0 Å². The van der Waals surface area contributed by atoms with Crippen molar-refractivity contribution in [2.45, 2.75) is 19.4 Å². The Kier molecular flexibility index (Phi) is 0.986. The van der Waals surface area contributed by atoms with E-state index >= 15 is 0 Å². The second-order valence-electron chi connectivity index (χ2n) is 2.53. The van der Waals surface area contributed by atoms with E-state index < -0.39 is 0 Å². The van der Waals surface area contributed by atoms with Gasteiger partial charge in [-0.2, -0.15) is 4.99 Å². The van der Waals surface area contributed by atoms with Crippen molar-refractivity contribution in [3.63, 3.8) is 0 Å². The second-order valence-corrected chi connectivity index (χ2v) is 2.53. The number of hydrogen-bond acceptors (Lipinski definition) is 4. The van der Waals surface area contributed by atoms with E-state index in [4.69, 9.17) is 11.5 Å². The predicted octanol–water partition coefficient (Wildman–Crippen LogP) is -0.549. The fourth-order valence-corrected chi connectivity index (χ4v) is 0.629. The summed E-state index contributed by atoms with van der Waals surface area (Å²) < 4.78 is 0. The normalized spacial score (nSPS) is 23.3. The van der Waals surface area contributed by atoms with Crippen molar-refractivity contribution in [2.24, 2.45) is 21.5 Å². The first-order valence-corrected chi connectivity index (χ1v) is 2.72. The summed E-state index contributed by atoms with van der Waals surface area (Å²) in [6.07, 6.45) is 0. The van der Waals surface area contributed by atoms with Crippen molar-refractivity contribution >= 4 is 11.8 Å². The molecule has 0 saturated carbocycles. The highest BCUT2D eigenvalue weighted by Gasteiger charge is 2.26. The molecule has 4 nitrogen and oxygen atoms in total. The lowest BCUT2D eigenvalue weighted by Gasteiger charge is -2.11. The maximum atomic E-state index is 5.46. The first-order valence-electron chi connectivity index (χ1n) is 2.72. The largest absolute Gasteiger partial charge is 0.385 e. The van der Waals surface area contributed by atoms with Crippen LogP contribution in [0.1, 0.15) is 13.8 Å². The number of nitrogens with two attached hydrogens (primary N) is 2. The molecule has 1 aliphatic rings. The van der Waals surface area contributed by atoms with Crippen LogP contribution < -0.4 is 11.5 Å². The van der Waals surface area contributed by atoms with Gasteiger partial charge in [0.05, 0.1) is 0 Å². The van der Waals surface area contributed by atoms with E-state index in [1.54, 1.807) is 0 Å². The monoisotopic (exact) mass is 126 g/mol. The molecule has 4 heteroatoms. The molecule has 4 N–H and O–H groups in total. The van der Waals surface area contributed by atoms with Crippen LogP contribution in [0, 0.1) is 0 Å². The third kappa shape index (κ3) is 0.872. The van der Waals surface area contributed by atoms with Crippen LogP contribution in [0.5, 0.6) is 0 Å². The van der Waals surface area contributed by atoms with Crippen LogP contribution in [-0.4, -0.2) is 17.3 Å². The average molecular weight is 126 g/mol. The van der Waals surface area contributed by atoms with Crippen LogP contribution in [0.2, 0.25) is 0 Å². The third-order valence-electron chi connectivity index (χ3n) is 1.26. The molecule has 0 bridgehead atoms. The van der Waals surface area contributed by atoms with Crippen LogP contribution in [0.15, 0.2) is 9.98 Å². The Morgan fingerprint density at radius 1 is 1.33 bits per heavy atom. The van der Waals surface area contributed by atoms with Gasteiger partial charge in [-0.25, -0.2) is 4.99 Å². The molecule has 0 amide bonds. The number of amidine groups is 1. The number of aliphatic imine (C=N–C) groups is 2. The summed E-state index contributed by atoms with van der Waals surface area (Å²) in [6, 6.07) is 0. The summed E-state index contributed by atoms with van der Waals surface area (Å²) in [4.78, 5) is 7.73. The summed E-state index contributed by atoms with van der Waals surface area (Å²) in [5.41, 5.74) is 10.4. The number of guanidine groups is 1. The molecule has 0 atom stereocenters. The summed E-state index contributed by atoms with van der Waals surface area (Å²) >= 11 is 0. The highest BCUT2D eigenvalue weighted by Crippen LogP contribution is 2.13. The zero-order valence-corrected chi connectivity index (χ0v) is 5.55. The highest BCUT2D eigenvalue weighted by atomic mass is 15.2. The Morgan fingerprint density at radius 3 is 2.00 bits per heavy atom. The zero-order chi connectivity index (χ0) is 7.07. The van der Waals surface area contributed by atoms with Gasteiger partial charge in [0.1, 0.15) is 11.4 Å². The lowest BCUT2D eigenvalue weighted by molar-refractivity contribution is 0.709. The van der Waals surface area contributed by atoms with Gasteiger partial charge in [-0.3, -0.25) is 0 Å². The fourth-order valence-electron chi connectivity index (χ4n) is 0.629. The maximum absolute atomic E-state index is 5.46. The van der Waals surface area contributed by atoms with E-state index in [1.165, 1.54) is 0 Å². The van der Waals surface area contributed by atoms with Crippen LogP contribution in [0.3, 0.4) is 0 Å². The Hall–Kier alpha value is -1.06. The minimum Gasteiger partial charge on any atom is -0.385 e. The highest BCUT2D eigenvalue weighted by molar-refractivity contribution is 6.04. The van der Waals surface area contributed by atoms with Crippen LogP contribution in [-0.2, 0) is 0 Å². The lowest BCUT2D eigenvalue weighted by atomic mass is 10.1. The lowest BCUT2D eigenvalue weighted by Crippen LogP contribution is -2.33. The minimum absolute atomic E-state index is 0.275. The van der Waals surface area contributed by atoms with Gasteiger partial charge in [-0.05, 0) is 13.8 Å². The fraction of sp³-hybridized carbons (Fsp3) is 0.600. The molecule has 0 radical (unpaired) electrons. The van der Waals surface area contributed by atoms with Gasteiger partial charge in [0, 0.05) is 0 Å². The molecule has 9 heavy (non-hydrogen) atoms. The second kappa shape index (κ2) is 1.46. The van der Waals surface area contributed by atoms with E-state index in [0.717, 1.165) is 0 Å². The van der Waals surface area contributed by atoms with Gasteiger partial charge < -0.3 is 11.5 Å². The van der Waals surface area contributed by atoms with E-state index in [0.29, 0.717) is 5.84 Å². The van der Waals surface area contributed by atoms with Crippen molar-refractivity contribution in [1.29, 1.82) is 0 Å². The molecule has 0 fully saturated rings. The average Bonchev–Trinajstić information content (AvgIpc) is 1.79. The van der Waals surface area contributed by atoms with Crippen molar-refractivity contribution in [1.82, 2.24) is 0 Å². The molecule has 1 heterocycles. The van der Waals surface area contributed by atoms with Crippen molar-refractivity contribution in [3.8, 4) is 0 Å². The first kappa shape index (κ1) is 6.07. The quantitative estimate of drug-likeness (QED) is 0.457. The molecule has 1 aliphatic heterocycles. The minimum atomic E-state index is -0.385. The van der Waals surface area contributed by atoms with Gasteiger partial charge in [-0.1, -0.05) is 0 Å². The standard InChI is InChI=1S/C5H10N4/c1-5(2)3(6)8-4(7)9-5/h1-2H3,(H4,6,7,8,9). The molecule has 50 valence electrons. The van der Waals surface area contributed by atoms with Crippen LogP contribution >= 0.6 is 0 Å². The summed E-state index contributed by atoms with van der Waals surface area (Å²) in [5, 5.41) is 0. The van der Waals surface area contributed by atoms with Crippen molar-refractivity contribution < 1.29 is 0 Å². The molecule has 0 aromatic rings. The maximum Gasteiger partial charge on any atom is 0.218 e. The summed E-state index contributed by atoms with van der Waals surface area (Å²) in [7, 11) is 0. The Labute approximate surface area is 53.7 Å². The van der Waals surface area contributed by atoms with Gasteiger partial charge in [0.15, 0.2) is 0 Å². The predicted molar refractivity (Wildman–Crippen MR) is 37.3 cm³/mol. The third-order valence-corrected chi connectivity index (χ3v) is 1.26. The molecule has 0 aromatic heterocycles. The smallest absolute Gasteiger partial charge is 0.218 e. The number of hydrogen-bond donors (Lipinski definition) is 2. The summed E-state index contributed by atoms with van der Waals surface area (Å²) in [5.74, 6) is 0.762. The molecular weight excluding hydrogens is 116 g/mol. The van der Waals surface area contributed by atoms with E-state index in [-0.39, 0.29) is 11.5 Å². The topological polar surface area (TPSA) is 76.8 Å². The number of nitrogens with zero attached hydrogens (tertiary/aromatic N) is 2. The van der Waals surface area contributed by atoms with Gasteiger partial charge >= 0.3 is 0 Å². The Bertz CT molecular complexity index is 189. The molecule has 0 spiro atoms. The molecule has 0 aliphatic carbocycles. The van der Waals surface area contributed by atoms with Gasteiger partial charge in [0.2, 0.25) is 5.96 Å². The molecule has 0 saturated heterocycles. The molecular formula is C5H10N4. The molecule has 1 rings (SSSR count). The summed E-state index contributed by atoms with van der Waals surface area (Å²) in [6.45, 7) is 3.73. The first-order chi connectivity index (χ1) is 4.02. The SMILES string of the molecule is CC1(C)N=C(N)N=C1N. The Morgan fingerprint density at radius 2 is 1.89 bits per heavy atom. The Balaban J connectivity index is 2.96. The molecule has 0 unspecified atom stereocenters. The van der Waals surface area contributed by atoms with E-state index in [1.807, 2.05) is 13.8 Å². The van der Waals surface area contributed by atoms with Gasteiger partial charge in [0.25, 0.3) is 0 Å². The van der Waals surface area contributed by atoms with Crippen molar-refractivity contribution in [2.75, 3.05) is 0 Å². The zero-order valence-electron chi connectivity index (χ0n) is 5.55. The van der Waals surface area contributed by atoms with Crippen LogP contribution in [0.4, 0.5) is 0 Å². The van der Waals surface area contributed by atoms with Gasteiger partial charge in [-0.15, -0.1) is 0 Å². The van der Waals surface area contributed by atoms with E-state index in [2.05, 4.69) is 9.98 Å². The van der Waals surface area contributed by atoms with Crippen molar-refractivity contribution in [3.05, 3.63) is 0 Å². The number of rotatable bonds is 0. The van der Waals surface area contributed by atoms with Crippen LogP contribution in [0.25, 0.3) is 0 Å².